The van der Waals surface area contributed by atoms with E-state index in [2.05, 4.69) is 32.9 Å². The largest absolute Gasteiger partial charge is 0.393 e. The number of allylic oxidation sites excluding steroid dienone is 3. The van der Waals surface area contributed by atoms with Gasteiger partial charge in [0.15, 0.2) is 0 Å². The van der Waals surface area contributed by atoms with E-state index >= 15 is 0 Å². The Morgan fingerprint density at radius 1 is 0.964 bits per heavy atom. The summed E-state index contributed by atoms with van der Waals surface area (Å²) in [4.78, 5) is 0. The third-order valence-corrected chi connectivity index (χ3v) is 10.5. The maximum atomic E-state index is 10.2. The molecule has 5 rings (SSSR count). The molecule has 156 valence electrons. The summed E-state index contributed by atoms with van der Waals surface area (Å²) < 4.78 is 0. The fraction of sp³-hybridized carbons (Fsp3) is 0.852. The molecule has 0 amide bonds. The molecule has 28 heavy (non-hydrogen) atoms. The average Bonchev–Trinajstić information content (AvgIpc) is 3.29. The summed E-state index contributed by atoms with van der Waals surface area (Å²) in [5, 5.41) is 10.2. The molecule has 0 unspecified atom stereocenters. The highest BCUT2D eigenvalue weighted by atomic mass is 16.3. The highest BCUT2D eigenvalue weighted by molar-refractivity contribution is 5.38. The van der Waals surface area contributed by atoms with Crippen LogP contribution in [0.4, 0.5) is 0 Å². The molecule has 7 atom stereocenters. The van der Waals surface area contributed by atoms with Crippen LogP contribution in [0.2, 0.25) is 0 Å². The molecule has 0 aromatic carbocycles. The maximum Gasteiger partial charge on any atom is 0.0578 e. The number of rotatable bonds is 3. The van der Waals surface area contributed by atoms with Gasteiger partial charge in [-0.15, -0.1) is 0 Å². The van der Waals surface area contributed by atoms with Crippen LogP contribution in [0.3, 0.4) is 0 Å². The molecular formula is C27H42O. The van der Waals surface area contributed by atoms with E-state index in [4.69, 9.17) is 0 Å². The summed E-state index contributed by atoms with van der Waals surface area (Å²) in [5.74, 6) is 4.45. The molecule has 5 aliphatic rings. The molecule has 0 spiro atoms. The minimum Gasteiger partial charge on any atom is -0.393 e. The van der Waals surface area contributed by atoms with E-state index in [0.717, 1.165) is 42.4 Å². The zero-order chi connectivity index (χ0) is 19.5. The molecule has 1 nitrogen and oxygen atoms in total. The van der Waals surface area contributed by atoms with E-state index in [0.29, 0.717) is 10.8 Å². The van der Waals surface area contributed by atoms with Crippen molar-refractivity contribution in [1.29, 1.82) is 0 Å². The Bertz CT molecular complexity index is 668. The van der Waals surface area contributed by atoms with Crippen LogP contribution >= 0.6 is 0 Å². The molecule has 5 aliphatic carbocycles. The normalized spacial score (nSPS) is 47.0. The van der Waals surface area contributed by atoms with Crippen LogP contribution in [-0.2, 0) is 0 Å². The van der Waals surface area contributed by atoms with Crippen molar-refractivity contribution in [2.45, 2.75) is 104 Å². The number of hydrogen-bond donors (Lipinski definition) is 1. The summed E-state index contributed by atoms with van der Waals surface area (Å²) in [5.41, 5.74) is 4.23. The minimum absolute atomic E-state index is 0.101. The van der Waals surface area contributed by atoms with Crippen molar-refractivity contribution in [3.63, 3.8) is 0 Å². The van der Waals surface area contributed by atoms with Crippen LogP contribution in [-0.4, -0.2) is 11.2 Å². The van der Waals surface area contributed by atoms with Crippen molar-refractivity contribution in [3.05, 3.63) is 23.3 Å². The molecule has 4 fully saturated rings. The summed E-state index contributed by atoms with van der Waals surface area (Å²) >= 11 is 0. The van der Waals surface area contributed by atoms with Crippen molar-refractivity contribution >= 4 is 0 Å². The van der Waals surface area contributed by atoms with E-state index in [1.165, 1.54) is 64.2 Å². The van der Waals surface area contributed by atoms with Crippen LogP contribution in [0.15, 0.2) is 23.3 Å². The number of fused-ring (bicyclic) bond motifs is 5. The first kappa shape index (κ1) is 19.4. The van der Waals surface area contributed by atoms with Gasteiger partial charge in [0.25, 0.3) is 0 Å². The standard InChI is InChI=1S/C27H42O/c1-18(16-19-6-4-5-7-19)23-10-11-24-22-9-8-20-17-21(28)12-14-26(20,2)25(22)13-15-27(23,24)3/h8-9,18-19,21,23-25,28H,4-7,10-17H2,1-3H3/t18-,21+,23-,24+,25+,26+,27-/m1/s1. The van der Waals surface area contributed by atoms with E-state index in [-0.39, 0.29) is 6.10 Å². The predicted octanol–water partition coefficient (Wildman–Crippen LogP) is 7.06. The van der Waals surface area contributed by atoms with Gasteiger partial charge in [-0.25, -0.2) is 0 Å². The van der Waals surface area contributed by atoms with Crippen LogP contribution in [0, 0.1) is 40.4 Å². The minimum atomic E-state index is -0.101. The molecule has 0 aromatic rings. The Balaban J connectivity index is 1.38. The summed E-state index contributed by atoms with van der Waals surface area (Å²) in [6.07, 6.45) is 21.2. The van der Waals surface area contributed by atoms with E-state index in [1.54, 1.807) is 5.57 Å². The van der Waals surface area contributed by atoms with Gasteiger partial charge in [-0.1, -0.05) is 69.8 Å². The Kier molecular flexibility index (Phi) is 4.85. The number of hydrogen-bond acceptors (Lipinski definition) is 1. The van der Waals surface area contributed by atoms with Crippen molar-refractivity contribution in [3.8, 4) is 0 Å². The molecule has 0 aliphatic heterocycles. The van der Waals surface area contributed by atoms with Crippen molar-refractivity contribution < 1.29 is 5.11 Å². The summed E-state index contributed by atoms with van der Waals surface area (Å²) in [6.45, 7) is 7.80. The van der Waals surface area contributed by atoms with Gasteiger partial charge in [0.1, 0.15) is 0 Å². The summed E-state index contributed by atoms with van der Waals surface area (Å²) in [6, 6.07) is 0. The molecule has 0 radical (unpaired) electrons. The van der Waals surface area contributed by atoms with Gasteiger partial charge in [0.2, 0.25) is 0 Å². The van der Waals surface area contributed by atoms with Gasteiger partial charge in [-0.3, -0.25) is 0 Å². The van der Waals surface area contributed by atoms with E-state index < -0.39 is 0 Å². The molecule has 0 aromatic heterocycles. The van der Waals surface area contributed by atoms with Gasteiger partial charge in [-0.2, -0.15) is 0 Å². The van der Waals surface area contributed by atoms with Crippen LogP contribution in [0.25, 0.3) is 0 Å². The second-order valence-corrected chi connectivity index (χ2v) is 11.9. The third kappa shape index (κ3) is 2.90. The van der Waals surface area contributed by atoms with Gasteiger partial charge >= 0.3 is 0 Å². The Hall–Kier alpha value is -0.560. The molecule has 4 saturated carbocycles. The Labute approximate surface area is 173 Å². The molecule has 1 heteroatoms. The average molecular weight is 383 g/mol. The fourth-order valence-corrected chi connectivity index (χ4v) is 8.89. The number of aliphatic hydroxyl groups is 1. The second kappa shape index (κ2) is 7.00. The van der Waals surface area contributed by atoms with Crippen LogP contribution in [0.1, 0.15) is 97.8 Å². The molecular weight excluding hydrogens is 340 g/mol. The Morgan fingerprint density at radius 3 is 2.54 bits per heavy atom. The van der Waals surface area contributed by atoms with E-state index in [9.17, 15) is 5.11 Å². The smallest absolute Gasteiger partial charge is 0.0578 e. The SMILES string of the molecule is C[C@H](CC1CCCC1)[C@H]1CC[C@H]2C3=CC=C4C[C@@H](O)CC[C@]4(C)[C@H]3CC[C@]12C. The van der Waals surface area contributed by atoms with Gasteiger partial charge in [0.05, 0.1) is 6.10 Å². The van der Waals surface area contributed by atoms with E-state index in [1.807, 2.05) is 5.57 Å². The molecule has 1 N–H and O–H groups in total. The highest BCUT2D eigenvalue weighted by Crippen LogP contribution is 2.66. The molecule has 0 saturated heterocycles. The van der Waals surface area contributed by atoms with Crippen LogP contribution < -0.4 is 0 Å². The molecule has 0 bridgehead atoms. The highest BCUT2D eigenvalue weighted by Gasteiger charge is 2.57. The summed E-state index contributed by atoms with van der Waals surface area (Å²) in [7, 11) is 0. The third-order valence-electron chi connectivity index (χ3n) is 10.5. The maximum absolute atomic E-state index is 10.2. The first-order chi connectivity index (χ1) is 13.4. The lowest BCUT2D eigenvalue weighted by atomic mass is 9.50. The van der Waals surface area contributed by atoms with Crippen LogP contribution in [0.5, 0.6) is 0 Å². The second-order valence-electron chi connectivity index (χ2n) is 11.9. The topological polar surface area (TPSA) is 20.2 Å². The Morgan fingerprint density at radius 2 is 1.75 bits per heavy atom. The lowest BCUT2D eigenvalue weighted by Gasteiger charge is -2.55. The molecule has 0 heterocycles. The van der Waals surface area contributed by atoms with Crippen molar-refractivity contribution in [2.75, 3.05) is 0 Å². The predicted molar refractivity (Wildman–Crippen MR) is 117 cm³/mol. The zero-order valence-corrected chi connectivity index (χ0v) is 18.6. The number of aliphatic hydroxyl groups excluding tert-OH is 1. The lowest BCUT2D eigenvalue weighted by Crippen LogP contribution is -2.46. The fourth-order valence-electron chi connectivity index (χ4n) is 8.89. The van der Waals surface area contributed by atoms with Gasteiger partial charge in [-0.05, 0) is 91.8 Å². The quantitative estimate of drug-likeness (QED) is 0.554. The first-order valence-corrected chi connectivity index (χ1v) is 12.5. The van der Waals surface area contributed by atoms with Gasteiger partial charge in [0, 0.05) is 0 Å². The van der Waals surface area contributed by atoms with Crippen molar-refractivity contribution in [1.82, 2.24) is 0 Å². The lowest BCUT2D eigenvalue weighted by molar-refractivity contribution is 0.0306. The van der Waals surface area contributed by atoms with Gasteiger partial charge < -0.3 is 5.11 Å². The monoisotopic (exact) mass is 382 g/mol. The zero-order valence-electron chi connectivity index (χ0n) is 18.6. The van der Waals surface area contributed by atoms with Crippen molar-refractivity contribution in [2.24, 2.45) is 40.4 Å². The first-order valence-electron chi connectivity index (χ1n) is 12.5.